The third kappa shape index (κ3) is 3.54. The number of carbonyl (C=O) groups is 1. The number of piperidine rings is 2. The molecule has 2 rings (SSSR count). The topological polar surface area (TPSA) is 32.3 Å². The zero-order valence-corrected chi connectivity index (χ0v) is 10.8. The molecular formula is C11H17F3N2OS. The van der Waals surface area contributed by atoms with Gasteiger partial charge in [-0.1, -0.05) is 0 Å². The lowest BCUT2D eigenvalue weighted by Gasteiger charge is -2.44. The van der Waals surface area contributed by atoms with Crippen LogP contribution in [0.15, 0.2) is 0 Å². The average molecular weight is 282 g/mol. The molecule has 2 atom stereocenters. The van der Waals surface area contributed by atoms with E-state index in [4.69, 9.17) is 0 Å². The molecule has 7 heteroatoms. The summed E-state index contributed by atoms with van der Waals surface area (Å²) in [6, 6.07) is 0.140. The van der Waals surface area contributed by atoms with Gasteiger partial charge in [-0.2, -0.15) is 13.2 Å². The predicted octanol–water partition coefficient (Wildman–Crippen LogP) is 1.84. The summed E-state index contributed by atoms with van der Waals surface area (Å²) < 4.78 is 36.3. The Bertz CT molecular complexity index is 311. The van der Waals surface area contributed by atoms with E-state index in [0.29, 0.717) is 12.3 Å². The lowest BCUT2D eigenvalue weighted by atomic mass is 9.84. The zero-order chi connectivity index (χ0) is 13.2. The molecule has 2 unspecified atom stereocenters. The van der Waals surface area contributed by atoms with Gasteiger partial charge in [0.2, 0.25) is 5.91 Å². The van der Waals surface area contributed by atoms with Gasteiger partial charge < -0.3 is 10.2 Å². The SMILES string of the molecule is O=C1CCC2CNCCC2N1CCSC(F)(F)F. The third-order valence-electron chi connectivity index (χ3n) is 3.62. The number of amides is 1. The Labute approximate surface area is 108 Å². The predicted molar refractivity (Wildman–Crippen MR) is 64.2 cm³/mol. The maximum Gasteiger partial charge on any atom is 0.441 e. The first-order valence-electron chi connectivity index (χ1n) is 6.18. The third-order valence-corrected chi connectivity index (χ3v) is 4.33. The molecule has 0 aromatic carbocycles. The minimum Gasteiger partial charge on any atom is -0.339 e. The maximum absolute atomic E-state index is 12.1. The van der Waals surface area contributed by atoms with Crippen LogP contribution in [0.4, 0.5) is 13.2 Å². The van der Waals surface area contributed by atoms with E-state index in [0.717, 1.165) is 25.9 Å². The molecular weight excluding hydrogens is 265 g/mol. The molecule has 1 N–H and O–H groups in total. The standard InChI is InChI=1S/C11H17F3N2OS/c12-11(13,14)18-6-5-16-9-3-4-15-7-8(9)1-2-10(16)17/h8-9,15H,1-7H2. The molecule has 2 heterocycles. The van der Waals surface area contributed by atoms with Gasteiger partial charge in [0.05, 0.1) is 0 Å². The van der Waals surface area contributed by atoms with Gasteiger partial charge in [-0.15, -0.1) is 0 Å². The van der Waals surface area contributed by atoms with Crippen LogP contribution in [0.3, 0.4) is 0 Å². The summed E-state index contributed by atoms with van der Waals surface area (Å²) in [6.45, 7) is 1.93. The molecule has 104 valence electrons. The Morgan fingerprint density at radius 1 is 1.39 bits per heavy atom. The Balaban J connectivity index is 1.89. The monoisotopic (exact) mass is 282 g/mol. The molecule has 2 aliphatic heterocycles. The molecule has 2 fully saturated rings. The first-order chi connectivity index (χ1) is 8.47. The quantitative estimate of drug-likeness (QED) is 0.857. The molecule has 18 heavy (non-hydrogen) atoms. The van der Waals surface area contributed by atoms with Crippen molar-refractivity contribution in [2.75, 3.05) is 25.4 Å². The van der Waals surface area contributed by atoms with Crippen LogP contribution in [0, 0.1) is 5.92 Å². The van der Waals surface area contributed by atoms with Gasteiger partial charge in [-0.3, -0.25) is 4.79 Å². The average Bonchev–Trinajstić information content (AvgIpc) is 2.31. The largest absolute Gasteiger partial charge is 0.441 e. The smallest absolute Gasteiger partial charge is 0.339 e. The molecule has 0 bridgehead atoms. The number of rotatable bonds is 3. The first-order valence-corrected chi connectivity index (χ1v) is 7.17. The molecule has 3 nitrogen and oxygen atoms in total. The second-order valence-corrected chi connectivity index (χ2v) is 5.90. The number of hydrogen-bond donors (Lipinski definition) is 1. The van der Waals surface area contributed by atoms with Crippen LogP contribution in [-0.2, 0) is 4.79 Å². The highest BCUT2D eigenvalue weighted by Gasteiger charge is 2.37. The second-order valence-electron chi connectivity index (χ2n) is 4.74. The molecule has 0 aliphatic carbocycles. The van der Waals surface area contributed by atoms with Crippen molar-refractivity contribution in [3.05, 3.63) is 0 Å². The van der Waals surface area contributed by atoms with Gasteiger partial charge in [-0.05, 0) is 43.6 Å². The zero-order valence-electron chi connectivity index (χ0n) is 10.0. The summed E-state index contributed by atoms with van der Waals surface area (Å²) in [4.78, 5) is 13.5. The lowest BCUT2D eigenvalue weighted by Crippen LogP contribution is -2.55. The van der Waals surface area contributed by atoms with Crippen molar-refractivity contribution in [1.82, 2.24) is 10.2 Å². The summed E-state index contributed by atoms with van der Waals surface area (Å²) >= 11 is -0.0409. The van der Waals surface area contributed by atoms with Crippen LogP contribution < -0.4 is 5.32 Å². The molecule has 0 aromatic rings. The molecule has 2 saturated heterocycles. The van der Waals surface area contributed by atoms with Crippen LogP contribution in [0.25, 0.3) is 0 Å². The first kappa shape index (κ1) is 14.0. The fourth-order valence-corrected chi connectivity index (χ4v) is 3.32. The van der Waals surface area contributed by atoms with Gasteiger partial charge in [0.15, 0.2) is 0 Å². The lowest BCUT2D eigenvalue weighted by molar-refractivity contribution is -0.139. The van der Waals surface area contributed by atoms with E-state index in [9.17, 15) is 18.0 Å². The number of fused-ring (bicyclic) bond motifs is 1. The number of hydrogen-bond acceptors (Lipinski definition) is 3. The van der Waals surface area contributed by atoms with Crippen molar-refractivity contribution in [2.24, 2.45) is 5.92 Å². The molecule has 0 saturated carbocycles. The normalized spacial score (nSPS) is 29.3. The summed E-state index contributed by atoms with van der Waals surface area (Å²) in [5.41, 5.74) is -4.20. The van der Waals surface area contributed by atoms with Gasteiger partial charge in [0.1, 0.15) is 0 Å². The number of carbonyl (C=O) groups excluding carboxylic acids is 1. The van der Waals surface area contributed by atoms with Crippen molar-refractivity contribution in [2.45, 2.75) is 30.8 Å². The maximum atomic E-state index is 12.1. The Morgan fingerprint density at radius 3 is 2.89 bits per heavy atom. The highest BCUT2D eigenvalue weighted by Crippen LogP contribution is 2.32. The molecule has 0 radical (unpaired) electrons. The van der Waals surface area contributed by atoms with E-state index in [-0.39, 0.29) is 36.0 Å². The van der Waals surface area contributed by atoms with Crippen LogP contribution in [0.1, 0.15) is 19.3 Å². The van der Waals surface area contributed by atoms with Gasteiger partial charge in [0, 0.05) is 24.8 Å². The van der Waals surface area contributed by atoms with E-state index in [2.05, 4.69) is 5.32 Å². The minimum absolute atomic E-state index is 0.0147. The van der Waals surface area contributed by atoms with E-state index in [1.54, 1.807) is 4.90 Å². The number of nitrogens with zero attached hydrogens (tertiary/aromatic N) is 1. The number of halogens is 3. The highest BCUT2D eigenvalue weighted by molar-refractivity contribution is 8.00. The molecule has 2 aliphatic rings. The van der Waals surface area contributed by atoms with Crippen molar-refractivity contribution >= 4 is 17.7 Å². The summed E-state index contributed by atoms with van der Waals surface area (Å²) in [6.07, 6.45) is 2.19. The second kappa shape index (κ2) is 5.69. The number of alkyl halides is 3. The van der Waals surface area contributed by atoms with Crippen LogP contribution >= 0.6 is 11.8 Å². The Hall–Kier alpha value is -0.430. The van der Waals surface area contributed by atoms with Gasteiger partial charge in [-0.25, -0.2) is 0 Å². The van der Waals surface area contributed by atoms with E-state index in [1.807, 2.05) is 0 Å². The van der Waals surface area contributed by atoms with E-state index >= 15 is 0 Å². The Morgan fingerprint density at radius 2 is 2.17 bits per heavy atom. The van der Waals surface area contributed by atoms with E-state index < -0.39 is 5.51 Å². The summed E-state index contributed by atoms with van der Waals surface area (Å²) in [7, 11) is 0. The van der Waals surface area contributed by atoms with E-state index in [1.165, 1.54) is 0 Å². The van der Waals surface area contributed by atoms with Gasteiger partial charge in [0.25, 0.3) is 0 Å². The summed E-state index contributed by atoms with van der Waals surface area (Å²) in [5.74, 6) is 0.361. The van der Waals surface area contributed by atoms with Crippen molar-refractivity contribution in [1.29, 1.82) is 0 Å². The highest BCUT2D eigenvalue weighted by atomic mass is 32.2. The van der Waals surface area contributed by atoms with Crippen LogP contribution in [0.2, 0.25) is 0 Å². The number of nitrogens with one attached hydrogen (secondary N) is 1. The van der Waals surface area contributed by atoms with Crippen LogP contribution in [-0.4, -0.2) is 47.7 Å². The Kier molecular flexibility index (Phi) is 4.42. The molecule has 1 amide bonds. The summed E-state index contributed by atoms with van der Waals surface area (Å²) in [5, 5.41) is 3.28. The fraction of sp³-hybridized carbons (Fsp3) is 0.909. The van der Waals surface area contributed by atoms with Crippen molar-refractivity contribution < 1.29 is 18.0 Å². The number of thioether (sulfide) groups is 1. The van der Waals surface area contributed by atoms with Crippen molar-refractivity contribution in [3.63, 3.8) is 0 Å². The van der Waals surface area contributed by atoms with Gasteiger partial charge >= 0.3 is 5.51 Å². The minimum atomic E-state index is -4.20. The van der Waals surface area contributed by atoms with Crippen LogP contribution in [0.5, 0.6) is 0 Å². The number of likely N-dealkylation sites (tertiary alicyclic amines) is 1. The fourth-order valence-electron chi connectivity index (χ4n) is 2.80. The molecule has 0 aromatic heterocycles. The van der Waals surface area contributed by atoms with Crippen molar-refractivity contribution in [3.8, 4) is 0 Å². The molecule has 0 spiro atoms.